The molecule has 0 aliphatic heterocycles. The Kier molecular flexibility index (Phi) is 5.08. The summed E-state index contributed by atoms with van der Waals surface area (Å²) in [5.41, 5.74) is 0.483. The van der Waals surface area contributed by atoms with Crippen molar-refractivity contribution >= 4 is 34.8 Å². The highest BCUT2D eigenvalue weighted by atomic mass is 35.5. The minimum absolute atomic E-state index is 0.117. The van der Waals surface area contributed by atoms with Gasteiger partial charge in [-0.25, -0.2) is 0 Å². The first kappa shape index (κ1) is 14.6. The molecule has 104 valence electrons. The monoisotopic (exact) mass is 300 g/mol. The maximum absolute atomic E-state index is 11.9. The van der Waals surface area contributed by atoms with E-state index in [4.69, 9.17) is 23.2 Å². The molecule has 5 heteroatoms. The van der Waals surface area contributed by atoms with Crippen molar-refractivity contribution in [1.29, 1.82) is 0 Å². The van der Waals surface area contributed by atoms with Gasteiger partial charge in [0.1, 0.15) is 0 Å². The third kappa shape index (κ3) is 3.85. The summed E-state index contributed by atoms with van der Waals surface area (Å²) < 4.78 is 0. The Morgan fingerprint density at radius 3 is 2.58 bits per heavy atom. The first-order chi connectivity index (χ1) is 9.08. The number of hydrogen-bond donors (Lipinski definition) is 2. The molecule has 1 aromatic rings. The molecule has 2 unspecified atom stereocenters. The van der Waals surface area contributed by atoms with Gasteiger partial charge in [-0.15, -0.1) is 0 Å². The quantitative estimate of drug-likeness (QED) is 0.890. The Morgan fingerprint density at radius 2 is 2.00 bits per heavy atom. The van der Waals surface area contributed by atoms with Crippen molar-refractivity contribution in [3.05, 3.63) is 28.2 Å². The summed E-state index contributed by atoms with van der Waals surface area (Å²) in [4.78, 5) is 11.9. The molecule has 1 amide bonds. The van der Waals surface area contributed by atoms with Crippen LogP contribution in [0.3, 0.4) is 0 Å². The van der Waals surface area contributed by atoms with Crippen molar-refractivity contribution in [2.24, 2.45) is 5.92 Å². The molecule has 0 aromatic heterocycles. The lowest BCUT2D eigenvalue weighted by molar-refractivity contribution is -0.115. The molecule has 1 aliphatic carbocycles. The van der Waals surface area contributed by atoms with Gasteiger partial charge in [0.15, 0.2) is 0 Å². The summed E-state index contributed by atoms with van der Waals surface area (Å²) in [5, 5.41) is 6.95. The van der Waals surface area contributed by atoms with Crippen LogP contribution in [0, 0.1) is 5.92 Å². The average Bonchev–Trinajstić information content (AvgIpc) is 2.77. The van der Waals surface area contributed by atoms with Crippen LogP contribution >= 0.6 is 23.2 Å². The lowest BCUT2D eigenvalue weighted by atomic mass is 10.1. The molecule has 0 heterocycles. The number of halogens is 2. The van der Waals surface area contributed by atoms with Crippen molar-refractivity contribution in [3.63, 3.8) is 0 Å². The second-order valence-corrected chi connectivity index (χ2v) is 5.85. The van der Waals surface area contributed by atoms with Gasteiger partial charge < -0.3 is 10.6 Å². The van der Waals surface area contributed by atoms with E-state index in [0.29, 0.717) is 27.7 Å². The smallest absolute Gasteiger partial charge is 0.238 e. The summed E-state index contributed by atoms with van der Waals surface area (Å²) in [6.07, 6.45) is 3.60. The molecular formula is C14H18Cl2N2O. The number of hydrogen-bond acceptors (Lipinski definition) is 2. The largest absolute Gasteiger partial charge is 0.322 e. The van der Waals surface area contributed by atoms with E-state index in [9.17, 15) is 4.79 Å². The zero-order valence-corrected chi connectivity index (χ0v) is 12.4. The van der Waals surface area contributed by atoms with E-state index in [2.05, 4.69) is 17.6 Å². The van der Waals surface area contributed by atoms with Gasteiger partial charge in [0.2, 0.25) is 5.91 Å². The predicted octanol–water partition coefficient (Wildman–Crippen LogP) is 3.71. The van der Waals surface area contributed by atoms with Gasteiger partial charge in [-0.1, -0.05) is 42.6 Å². The minimum atomic E-state index is -0.117. The van der Waals surface area contributed by atoms with Crippen LogP contribution in [0.25, 0.3) is 0 Å². The lowest BCUT2D eigenvalue weighted by Crippen LogP contribution is -2.37. The molecule has 2 atom stereocenters. The topological polar surface area (TPSA) is 41.1 Å². The van der Waals surface area contributed by atoms with Crippen LogP contribution in [-0.4, -0.2) is 18.5 Å². The number of rotatable bonds is 4. The summed E-state index contributed by atoms with van der Waals surface area (Å²) >= 11 is 12.0. The number of anilines is 1. The number of para-hydroxylation sites is 1. The number of amides is 1. The Bertz CT molecular complexity index is 445. The van der Waals surface area contributed by atoms with E-state index in [0.717, 1.165) is 6.42 Å². The number of nitrogens with one attached hydrogen (secondary N) is 2. The fourth-order valence-electron chi connectivity index (χ4n) is 2.47. The second kappa shape index (κ2) is 6.60. The molecular weight excluding hydrogens is 283 g/mol. The highest BCUT2D eigenvalue weighted by Gasteiger charge is 2.23. The highest BCUT2D eigenvalue weighted by molar-refractivity contribution is 6.39. The van der Waals surface area contributed by atoms with Crippen LogP contribution in [0.15, 0.2) is 18.2 Å². The lowest BCUT2D eigenvalue weighted by Gasteiger charge is -2.17. The van der Waals surface area contributed by atoms with Gasteiger partial charge in [-0.05, 0) is 30.9 Å². The van der Waals surface area contributed by atoms with Crippen LogP contribution in [0.1, 0.15) is 26.2 Å². The molecule has 1 saturated carbocycles. The third-order valence-electron chi connectivity index (χ3n) is 3.61. The van der Waals surface area contributed by atoms with E-state index < -0.39 is 0 Å². The first-order valence-corrected chi connectivity index (χ1v) is 7.30. The first-order valence-electron chi connectivity index (χ1n) is 6.55. The molecule has 19 heavy (non-hydrogen) atoms. The molecule has 0 bridgehead atoms. The SMILES string of the molecule is CC1CCCC1NCC(=O)Nc1c(Cl)cccc1Cl. The van der Waals surface area contributed by atoms with E-state index in [1.54, 1.807) is 18.2 Å². The number of carbonyl (C=O) groups excluding carboxylic acids is 1. The fourth-order valence-corrected chi connectivity index (χ4v) is 2.97. The van der Waals surface area contributed by atoms with Crippen molar-refractivity contribution in [3.8, 4) is 0 Å². The van der Waals surface area contributed by atoms with Gasteiger partial charge >= 0.3 is 0 Å². The predicted molar refractivity (Wildman–Crippen MR) is 79.9 cm³/mol. The second-order valence-electron chi connectivity index (χ2n) is 5.04. The van der Waals surface area contributed by atoms with Gasteiger partial charge in [0, 0.05) is 6.04 Å². The van der Waals surface area contributed by atoms with Crippen molar-refractivity contribution < 1.29 is 4.79 Å². The molecule has 2 N–H and O–H groups in total. The van der Waals surface area contributed by atoms with Gasteiger partial charge in [-0.3, -0.25) is 4.79 Å². The van der Waals surface area contributed by atoms with E-state index in [1.165, 1.54) is 12.8 Å². The maximum atomic E-state index is 11.9. The summed E-state index contributed by atoms with van der Waals surface area (Å²) in [7, 11) is 0. The fraction of sp³-hybridized carbons (Fsp3) is 0.500. The molecule has 1 aromatic carbocycles. The zero-order chi connectivity index (χ0) is 13.8. The molecule has 3 nitrogen and oxygen atoms in total. The van der Waals surface area contributed by atoms with Gasteiger partial charge in [0.25, 0.3) is 0 Å². The molecule has 2 rings (SSSR count). The van der Waals surface area contributed by atoms with Crippen LogP contribution in [0.4, 0.5) is 5.69 Å². The van der Waals surface area contributed by atoms with Crippen molar-refractivity contribution in [1.82, 2.24) is 5.32 Å². The Balaban J connectivity index is 1.87. The minimum Gasteiger partial charge on any atom is -0.322 e. The van der Waals surface area contributed by atoms with E-state index >= 15 is 0 Å². The van der Waals surface area contributed by atoms with Crippen LogP contribution < -0.4 is 10.6 Å². The normalized spacial score (nSPS) is 22.5. The van der Waals surface area contributed by atoms with Gasteiger partial charge in [-0.2, -0.15) is 0 Å². The Labute approximate surface area is 123 Å². The summed E-state index contributed by atoms with van der Waals surface area (Å²) in [6, 6.07) is 5.59. The maximum Gasteiger partial charge on any atom is 0.238 e. The van der Waals surface area contributed by atoms with Crippen LogP contribution in [0.5, 0.6) is 0 Å². The van der Waals surface area contributed by atoms with Crippen LogP contribution in [-0.2, 0) is 4.79 Å². The standard InChI is InChI=1S/C14H18Cl2N2O/c1-9-4-2-7-12(9)17-8-13(19)18-14-10(15)5-3-6-11(14)16/h3,5-6,9,12,17H,2,4,7-8H2,1H3,(H,18,19). The van der Waals surface area contributed by atoms with Crippen LogP contribution in [0.2, 0.25) is 10.0 Å². The summed E-state index contributed by atoms with van der Waals surface area (Å²) in [5.74, 6) is 0.519. The summed E-state index contributed by atoms with van der Waals surface area (Å²) in [6.45, 7) is 2.50. The Morgan fingerprint density at radius 1 is 1.32 bits per heavy atom. The average molecular weight is 301 g/mol. The van der Waals surface area contributed by atoms with Crippen molar-refractivity contribution in [2.75, 3.05) is 11.9 Å². The highest BCUT2D eigenvalue weighted by Crippen LogP contribution is 2.29. The zero-order valence-electron chi connectivity index (χ0n) is 10.9. The number of benzene rings is 1. The van der Waals surface area contributed by atoms with Gasteiger partial charge in [0.05, 0.1) is 22.3 Å². The Hall–Kier alpha value is -0.770. The third-order valence-corrected chi connectivity index (χ3v) is 4.24. The molecule has 0 saturated heterocycles. The molecule has 1 aliphatic rings. The van der Waals surface area contributed by atoms with E-state index in [1.807, 2.05) is 0 Å². The molecule has 0 spiro atoms. The molecule has 0 radical (unpaired) electrons. The van der Waals surface area contributed by atoms with Crippen molar-refractivity contribution in [2.45, 2.75) is 32.2 Å². The molecule has 1 fully saturated rings. The van der Waals surface area contributed by atoms with E-state index in [-0.39, 0.29) is 12.5 Å². The number of carbonyl (C=O) groups is 1.